The smallest absolute Gasteiger partial charge is 0.289 e. The molecule has 1 atom stereocenters. The highest BCUT2D eigenvalue weighted by atomic mass is 16.7. The number of aromatic hydroxyl groups is 5. The lowest BCUT2D eigenvalue weighted by Gasteiger charge is -2.63. The van der Waals surface area contributed by atoms with Crippen LogP contribution >= 0.6 is 0 Å². The molecule has 0 radical (unpaired) electrons. The zero-order valence-electron chi connectivity index (χ0n) is 22.2. The Bertz CT molecular complexity index is 1440. The maximum atomic E-state index is 13.3. The van der Waals surface area contributed by atoms with E-state index in [0.29, 0.717) is 0 Å². The number of carbonyl (C=O) groups is 1. The van der Waals surface area contributed by atoms with Gasteiger partial charge in [0.2, 0.25) is 17.2 Å². The molecule has 0 amide bonds. The number of methoxy groups -OCH3 is 2. The third-order valence-electron chi connectivity index (χ3n) is 7.93. The Balaban J connectivity index is 1.83. The predicted octanol–water partition coefficient (Wildman–Crippen LogP) is -5.02. The van der Waals surface area contributed by atoms with E-state index in [4.69, 9.17) is 9.47 Å². The van der Waals surface area contributed by atoms with E-state index in [9.17, 15) is 81.4 Å². The fourth-order valence-electron chi connectivity index (χ4n) is 5.39. The molecule has 2 aromatic carbocycles. The number of carbonyl (C=O) groups excluding carboxylic acids is 1. The van der Waals surface area contributed by atoms with Gasteiger partial charge in [-0.3, -0.25) is 4.79 Å². The third kappa shape index (κ3) is 3.92. The number of nitrogens with zero attached hydrogens (tertiary/aromatic N) is 1. The van der Waals surface area contributed by atoms with E-state index < -0.39 is 99.0 Å². The van der Waals surface area contributed by atoms with E-state index in [1.165, 1.54) is 20.3 Å². The fourth-order valence-corrected chi connectivity index (χ4v) is 5.39. The predicted molar refractivity (Wildman–Crippen MR) is 131 cm³/mol. The van der Waals surface area contributed by atoms with Gasteiger partial charge in [0.25, 0.3) is 23.4 Å². The number of likely N-dealkylation sites (tertiary alicyclic amines) is 1. The second-order valence-electron chi connectivity index (χ2n) is 10.4. The maximum absolute atomic E-state index is 13.3. The summed E-state index contributed by atoms with van der Waals surface area (Å²) in [4.78, 5) is 12.4. The molecular weight excluding hydrogens is 590 g/mol. The molecular formula is C24H29NO18. The normalized spacial score (nSPS) is 24.9. The van der Waals surface area contributed by atoms with Gasteiger partial charge in [-0.2, -0.15) is 4.90 Å². The number of hydrogen-bond acceptors (Lipinski definition) is 19. The molecule has 0 bridgehead atoms. The van der Waals surface area contributed by atoms with E-state index in [0.717, 1.165) is 6.07 Å². The number of piperidine rings is 1. The molecule has 1 unspecified atom stereocenters. The zero-order valence-corrected chi connectivity index (χ0v) is 22.2. The molecule has 0 aromatic heterocycles. The summed E-state index contributed by atoms with van der Waals surface area (Å²) in [5.74, 6) is -27.9. The van der Waals surface area contributed by atoms with E-state index in [2.05, 4.69) is 0 Å². The highest BCUT2D eigenvalue weighted by molar-refractivity contribution is 6.07. The summed E-state index contributed by atoms with van der Waals surface area (Å²) < 4.78 is 10.2. The standard InChI is InChI=1S/C24H29NO18/c1-42-11-3-8-5-19(32,18(31)9(8)4-12(11)43-2)7-20(33)21(34,35)23(38,39)25(24(40,41)22(20,36)37)6-10-13(26)15(28)17(30)16(29)14(10)27/h3-4,26-30,32-41H,5-7H2,1-2H3. The number of phenols is 5. The molecule has 4 rings (SSSR count). The molecule has 238 valence electrons. The van der Waals surface area contributed by atoms with Gasteiger partial charge in [0.15, 0.2) is 34.4 Å². The molecule has 1 saturated heterocycles. The highest BCUT2D eigenvalue weighted by Crippen LogP contribution is 2.57. The number of ketones is 1. The number of hydrogen-bond donors (Lipinski definition) is 15. The highest BCUT2D eigenvalue weighted by Gasteiger charge is 2.85. The molecule has 1 aliphatic carbocycles. The molecule has 19 nitrogen and oxygen atoms in total. The summed E-state index contributed by atoms with van der Waals surface area (Å²) in [5, 5.41) is 158. The molecule has 0 spiro atoms. The first kappa shape index (κ1) is 32.2. The lowest BCUT2D eigenvalue weighted by atomic mass is 9.68. The Morgan fingerprint density at radius 2 is 1.12 bits per heavy atom. The molecule has 1 aliphatic heterocycles. The van der Waals surface area contributed by atoms with Crippen LogP contribution in [-0.2, 0) is 13.0 Å². The molecule has 43 heavy (non-hydrogen) atoms. The van der Waals surface area contributed by atoms with Crippen molar-refractivity contribution in [1.82, 2.24) is 4.90 Å². The molecule has 1 heterocycles. The first-order chi connectivity index (χ1) is 19.5. The SMILES string of the molecule is COc1cc2c(cc1OC)C(=O)C(O)(CC1(O)C(O)(O)C(O)(O)N(Cc3c(O)c(O)c(O)c(O)c3O)C(O)(O)C1(O)O)C2. The Morgan fingerprint density at radius 1 is 0.698 bits per heavy atom. The van der Waals surface area contributed by atoms with Crippen LogP contribution in [0.4, 0.5) is 0 Å². The van der Waals surface area contributed by atoms with Gasteiger partial charge < -0.3 is 86.1 Å². The lowest BCUT2D eigenvalue weighted by Crippen LogP contribution is -2.93. The quantitative estimate of drug-likeness (QED) is 0.0817. The van der Waals surface area contributed by atoms with Crippen LogP contribution in [0.15, 0.2) is 12.1 Å². The van der Waals surface area contributed by atoms with Gasteiger partial charge in [0.05, 0.1) is 19.8 Å². The second kappa shape index (κ2) is 9.38. The van der Waals surface area contributed by atoms with Crippen LogP contribution in [0.3, 0.4) is 0 Å². The van der Waals surface area contributed by atoms with Crippen LogP contribution < -0.4 is 9.47 Å². The molecule has 15 N–H and O–H groups in total. The van der Waals surface area contributed by atoms with Crippen molar-refractivity contribution in [3.05, 3.63) is 28.8 Å². The second-order valence-corrected chi connectivity index (χ2v) is 10.4. The van der Waals surface area contributed by atoms with E-state index in [-0.39, 0.29) is 22.6 Å². The van der Waals surface area contributed by atoms with Gasteiger partial charge in [-0.25, -0.2) is 0 Å². The molecule has 2 aliphatic rings. The number of Topliss-reactive ketones (excluding diaryl/α,β-unsaturated/α-hetero) is 1. The maximum Gasteiger partial charge on any atom is 0.289 e. The topological polar surface area (TPSA) is 342 Å². The van der Waals surface area contributed by atoms with Gasteiger partial charge in [-0.1, -0.05) is 0 Å². The molecule has 0 saturated carbocycles. The van der Waals surface area contributed by atoms with Gasteiger partial charge in [0.1, 0.15) is 5.60 Å². The number of aliphatic hydroxyl groups is 10. The number of ether oxygens (including phenoxy) is 2. The fraction of sp³-hybridized carbons (Fsp3) is 0.458. The summed E-state index contributed by atoms with van der Waals surface area (Å²) >= 11 is 0. The number of rotatable bonds is 6. The lowest BCUT2D eigenvalue weighted by molar-refractivity contribution is -0.598. The van der Waals surface area contributed by atoms with Crippen LogP contribution in [0, 0.1) is 0 Å². The average Bonchev–Trinajstić information content (AvgIpc) is 3.16. The van der Waals surface area contributed by atoms with Crippen molar-refractivity contribution in [3.63, 3.8) is 0 Å². The van der Waals surface area contributed by atoms with Gasteiger partial charge in [-0.15, -0.1) is 0 Å². The summed E-state index contributed by atoms with van der Waals surface area (Å²) in [6, 6.07) is 2.32. The number of benzene rings is 2. The van der Waals surface area contributed by atoms with E-state index in [1.54, 1.807) is 0 Å². The molecule has 2 aromatic rings. The summed E-state index contributed by atoms with van der Waals surface area (Å²) in [7, 11) is 2.46. The van der Waals surface area contributed by atoms with Crippen LogP contribution in [0.2, 0.25) is 0 Å². The van der Waals surface area contributed by atoms with Crippen molar-refractivity contribution >= 4 is 5.78 Å². The minimum Gasteiger partial charge on any atom is -0.504 e. The van der Waals surface area contributed by atoms with Crippen LogP contribution in [0.25, 0.3) is 0 Å². The van der Waals surface area contributed by atoms with Crippen LogP contribution in [0.1, 0.15) is 27.9 Å². The largest absolute Gasteiger partial charge is 0.504 e. The van der Waals surface area contributed by atoms with Crippen molar-refractivity contribution < 1.29 is 90.9 Å². The van der Waals surface area contributed by atoms with Gasteiger partial charge in [0, 0.05) is 24.9 Å². The number of fused-ring (bicyclic) bond motifs is 1. The van der Waals surface area contributed by atoms with E-state index >= 15 is 0 Å². The van der Waals surface area contributed by atoms with Gasteiger partial charge >= 0.3 is 0 Å². The first-order valence-corrected chi connectivity index (χ1v) is 12.0. The summed E-state index contributed by atoms with van der Waals surface area (Å²) in [5.41, 5.74) is -9.06. The summed E-state index contributed by atoms with van der Waals surface area (Å²) in [6.45, 7) is -1.84. The Labute approximate surface area is 239 Å². The van der Waals surface area contributed by atoms with Crippen molar-refractivity contribution in [1.29, 1.82) is 0 Å². The molecule has 19 heteroatoms. The van der Waals surface area contributed by atoms with Gasteiger partial charge in [-0.05, 0) is 17.7 Å². The van der Waals surface area contributed by atoms with E-state index in [1.807, 2.05) is 0 Å². The Hall–Kier alpha value is -3.73. The number of phenolic OH excluding ortho intramolecular Hbond substituents is 5. The summed E-state index contributed by atoms with van der Waals surface area (Å²) in [6.07, 6.45) is -2.74. The van der Waals surface area contributed by atoms with Crippen LogP contribution in [-0.4, -0.2) is 136 Å². The first-order valence-electron chi connectivity index (χ1n) is 12.0. The Kier molecular flexibility index (Phi) is 7.02. The average molecular weight is 619 g/mol. The Morgan fingerprint density at radius 3 is 1.56 bits per heavy atom. The van der Waals surface area contributed by atoms with Crippen molar-refractivity contribution in [2.75, 3.05) is 14.2 Å². The van der Waals surface area contributed by atoms with Crippen molar-refractivity contribution in [2.24, 2.45) is 0 Å². The van der Waals surface area contributed by atoms with Crippen molar-refractivity contribution in [2.45, 2.75) is 54.0 Å². The minimum atomic E-state index is -4.79. The monoisotopic (exact) mass is 619 g/mol. The third-order valence-corrected chi connectivity index (χ3v) is 7.93. The zero-order chi connectivity index (χ0) is 32.9. The van der Waals surface area contributed by atoms with Crippen molar-refractivity contribution in [3.8, 4) is 40.2 Å². The molecule has 1 fully saturated rings. The van der Waals surface area contributed by atoms with Crippen LogP contribution in [0.5, 0.6) is 40.2 Å². The minimum absolute atomic E-state index is 0.00419.